The molecule has 1 fully saturated rings. The Labute approximate surface area is 176 Å². The molecule has 0 radical (unpaired) electrons. The second kappa shape index (κ2) is 9.43. The zero-order valence-electron chi connectivity index (χ0n) is 15.3. The maximum atomic E-state index is 14.5. The molecule has 0 bridgehead atoms. The van der Waals surface area contributed by atoms with Gasteiger partial charge < -0.3 is 16.0 Å². The van der Waals surface area contributed by atoms with Gasteiger partial charge in [-0.05, 0) is 48.5 Å². The lowest BCUT2D eigenvalue weighted by atomic mass is 10.2. The molecule has 154 valence electrons. The van der Waals surface area contributed by atoms with Gasteiger partial charge in [0, 0.05) is 42.3 Å². The van der Waals surface area contributed by atoms with Gasteiger partial charge in [0.2, 0.25) is 0 Å². The first-order valence-corrected chi connectivity index (χ1v) is 9.62. The summed E-state index contributed by atoms with van der Waals surface area (Å²) in [5.74, 6) is -1.53. The third-order valence-corrected chi connectivity index (χ3v) is 5.02. The van der Waals surface area contributed by atoms with Gasteiger partial charge in [-0.2, -0.15) is 5.10 Å². The van der Waals surface area contributed by atoms with Crippen LogP contribution in [0.1, 0.15) is 17.5 Å². The van der Waals surface area contributed by atoms with Crippen LogP contribution in [0, 0.1) is 17.5 Å². The summed E-state index contributed by atoms with van der Waals surface area (Å²) in [6.07, 6.45) is 1.84. The lowest BCUT2D eigenvalue weighted by Gasteiger charge is -2.20. The number of nitrogens with two attached hydrogens (primary N) is 1. The summed E-state index contributed by atoms with van der Waals surface area (Å²) in [7, 11) is 0. The highest BCUT2D eigenvalue weighted by atomic mass is 35.5. The van der Waals surface area contributed by atoms with E-state index >= 15 is 0 Å². The molecule has 10 heteroatoms. The van der Waals surface area contributed by atoms with E-state index in [0.717, 1.165) is 24.8 Å². The van der Waals surface area contributed by atoms with Crippen molar-refractivity contribution in [2.75, 3.05) is 18.0 Å². The van der Waals surface area contributed by atoms with E-state index in [1.807, 2.05) is 0 Å². The first kappa shape index (κ1) is 21.4. The molecule has 29 heavy (non-hydrogen) atoms. The first-order valence-electron chi connectivity index (χ1n) is 8.83. The van der Waals surface area contributed by atoms with Crippen molar-refractivity contribution in [3.05, 3.63) is 63.9 Å². The van der Waals surface area contributed by atoms with Gasteiger partial charge in [-0.3, -0.25) is 5.43 Å². The number of rotatable bonds is 6. The highest BCUT2D eigenvalue weighted by Crippen LogP contribution is 2.26. The summed E-state index contributed by atoms with van der Waals surface area (Å²) in [4.78, 5) is 1.76. The van der Waals surface area contributed by atoms with Crippen LogP contribution < -0.4 is 21.4 Å². The van der Waals surface area contributed by atoms with E-state index in [1.165, 1.54) is 18.2 Å². The Morgan fingerprint density at radius 1 is 1.28 bits per heavy atom. The Balaban J connectivity index is 1.63. The molecule has 0 aliphatic carbocycles. The number of thiocarbonyl (C=S) groups is 1. The normalized spacial score (nSPS) is 16.6. The standard InChI is InChI=1S/C19H19ClF3N5S/c20-15-2-1-13(21)5-11(15)8-25-14-3-4-28(10-14)18-7-16(22)12(6-17(18)23)9-26-27-19(24)29/h1-2,5-7,9,14,25H,3-4,8,10H2,(H3,24,27,29)/b26-9+. The van der Waals surface area contributed by atoms with Gasteiger partial charge in [-0.25, -0.2) is 13.2 Å². The quantitative estimate of drug-likeness (QED) is 0.365. The molecule has 4 N–H and O–H groups in total. The van der Waals surface area contributed by atoms with Crippen LogP contribution in [-0.4, -0.2) is 30.5 Å². The zero-order chi connectivity index (χ0) is 21.0. The molecule has 5 nitrogen and oxygen atoms in total. The monoisotopic (exact) mass is 441 g/mol. The molecular formula is C19H19ClF3N5S. The minimum Gasteiger partial charge on any atom is -0.375 e. The number of anilines is 1. The number of halogens is 4. The van der Waals surface area contributed by atoms with Crippen molar-refractivity contribution < 1.29 is 13.2 Å². The van der Waals surface area contributed by atoms with E-state index < -0.39 is 11.6 Å². The molecular weight excluding hydrogens is 423 g/mol. The Bertz CT molecular complexity index is 940. The predicted molar refractivity (Wildman–Crippen MR) is 113 cm³/mol. The fourth-order valence-corrected chi connectivity index (χ4v) is 3.37. The van der Waals surface area contributed by atoms with E-state index in [4.69, 9.17) is 17.3 Å². The van der Waals surface area contributed by atoms with Crippen molar-refractivity contribution in [3.8, 4) is 0 Å². The third-order valence-electron chi connectivity index (χ3n) is 4.56. The molecule has 0 amide bonds. The maximum Gasteiger partial charge on any atom is 0.184 e. The van der Waals surface area contributed by atoms with Crippen LogP contribution in [0.15, 0.2) is 35.4 Å². The van der Waals surface area contributed by atoms with Crippen LogP contribution >= 0.6 is 23.8 Å². The van der Waals surface area contributed by atoms with Crippen LogP contribution in [0.5, 0.6) is 0 Å². The summed E-state index contributed by atoms with van der Waals surface area (Å²) in [5.41, 5.74) is 8.31. The Kier molecular flexibility index (Phi) is 6.94. The molecule has 1 unspecified atom stereocenters. The fraction of sp³-hybridized carbons (Fsp3) is 0.263. The van der Waals surface area contributed by atoms with Crippen molar-refractivity contribution in [1.82, 2.24) is 10.7 Å². The van der Waals surface area contributed by atoms with Crippen LogP contribution in [0.3, 0.4) is 0 Å². The van der Waals surface area contributed by atoms with Crippen molar-refractivity contribution in [1.29, 1.82) is 0 Å². The van der Waals surface area contributed by atoms with Gasteiger partial charge in [-0.15, -0.1) is 0 Å². The molecule has 2 aromatic carbocycles. The topological polar surface area (TPSA) is 65.7 Å². The van der Waals surface area contributed by atoms with Crippen LogP contribution in [-0.2, 0) is 6.54 Å². The predicted octanol–water partition coefficient (Wildman–Crippen LogP) is 3.29. The molecule has 1 heterocycles. The highest BCUT2D eigenvalue weighted by molar-refractivity contribution is 7.80. The van der Waals surface area contributed by atoms with Crippen LogP contribution in [0.2, 0.25) is 5.02 Å². The smallest absolute Gasteiger partial charge is 0.184 e. The van der Waals surface area contributed by atoms with Gasteiger partial charge in [0.05, 0.1) is 11.9 Å². The number of nitrogens with zero attached hydrogens (tertiary/aromatic N) is 2. The second-order valence-corrected chi connectivity index (χ2v) is 7.45. The molecule has 1 aliphatic rings. The number of hydrogen-bond donors (Lipinski definition) is 3. The number of hydrazone groups is 1. The van der Waals surface area contributed by atoms with Crippen LogP contribution in [0.4, 0.5) is 18.9 Å². The molecule has 2 aromatic rings. The van der Waals surface area contributed by atoms with Gasteiger partial charge in [-0.1, -0.05) is 11.6 Å². The molecule has 0 spiro atoms. The third kappa shape index (κ3) is 5.59. The van der Waals surface area contributed by atoms with E-state index in [2.05, 4.69) is 28.1 Å². The largest absolute Gasteiger partial charge is 0.375 e. The summed E-state index contributed by atoms with van der Waals surface area (Å²) in [6, 6.07) is 6.44. The van der Waals surface area contributed by atoms with Crippen molar-refractivity contribution in [3.63, 3.8) is 0 Å². The van der Waals surface area contributed by atoms with Crippen molar-refractivity contribution in [2.24, 2.45) is 10.8 Å². The number of nitrogens with one attached hydrogen (secondary N) is 2. The molecule has 0 aromatic heterocycles. The van der Waals surface area contributed by atoms with E-state index in [0.29, 0.717) is 30.2 Å². The minimum absolute atomic E-state index is 0.0235. The SMILES string of the molecule is NC(=S)N/N=C/c1cc(F)c(N2CCC(NCc3cc(F)ccc3Cl)C2)cc1F. The molecule has 0 saturated carbocycles. The van der Waals surface area contributed by atoms with Gasteiger partial charge in [0.1, 0.15) is 17.5 Å². The number of hydrogen-bond acceptors (Lipinski definition) is 4. The average Bonchev–Trinajstić information content (AvgIpc) is 3.13. The van der Waals surface area contributed by atoms with Gasteiger partial charge in [0.15, 0.2) is 5.11 Å². The Morgan fingerprint density at radius 3 is 2.83 bits per heavy atom. The lowest BCUT2D eigenvalue weighted by Crippen LogP contribution is -2.32. The average molecular weight is 442 g/mol. The van der Waals surface area contributed by atoms with Gasteiger partial charge >= 0.3 is 0 Å². The molecule has 1 atom stereocenters. The van der Waals surface area contributed by atoms with E-state index in [9.17, 15) is 13.2 Å². The minimum atomic E-state index is -0.613. The highest BCUT2D eigenvalue weighted by Gasteiger charge is 2.25. The first-order chi connectivity index (χ1) is 13.8. The van der Waals surface area contributed by atoms with Crippen molar-refractivity contribution in [2.45, 2.75) is 19.0 Å². The number of benzene rings is 2. The Morgan fingerprint density at radius 2 is 2.07 bits per heavy atom. The van der Waals surface area contributed by atoms with E-state index in [1.54, 1.807) is 4.90 Å². The van der Waals surface area contributed by atoms with Crippen LogP contribution in [0.25, 0.3) is 0 Å². The second-order valence-electron chi connectivity index (χ2n) is 6.61. The molecule has 1 saturated heterocycles. The summed E-state index contributed by atoms with van der Waals surface area (Å²) >= 11 is 10.7. The zero-order valence-corrected chi connectivity index (χ0v) is 16.8. The lowest BCUT2D eigenvalue weighted by molar-refractivity contribution is 0.547. The summed E-state index contributed by atoms with van der Waals surface area (Å²) in [5, 5.41) is 7.33. The Hall–Kier alpha value is -2.36. The molecule has 1 aliphatic heterocycles. The van der Waals surface area contributed by atoms with E-state index in [-0.39, 0.29) is 28.2 Å². The van der Waals surface area contributed by atoms with Gasteiger partial charge in [0.25, 0.3) is 0 Å². The van der Waals surface area contributed by atoms with Crippen molar-refractivity contribution >= 4 is 40.8 Å². The molecule has 3 rings (SSSR count). The maximum absolute atomic E-state index is 14.5. The summed E-state index contributed by atoms with van der Waals surface area (Å²) in [6.45, 7) is 1.43. The fourth-order valence-electron chi connectivity index (χ4n) is 3.14. The summed E-state index contributed by atoms with van der Waals surface area (Å²) < 4.78 is 42.2.